The van der Waals surface area contributed by atoms with E-state index in [1.54, 1.807) is 6.07 Å². The molecule has 0 bridgehead atoms. The van der Waals surface area contributed by atoms with E-state index in [1.807, 2.05) is 0 Å². The summed E-state index contributed by atoms with van der Waals surface area (Å²) >= 11 is 0. The van der Waals surface area contributed by atoms with Crippen molar-refractivity contribution in [3.05, 3.63) is 34.9 Å². The Morgan fingerprint density at radius 3 is 2.50 bits per heavy atom. The van der Waals surface area contributed by atoms with Gasteiger partial charge in [-0.2, -0.15) is 13.2 Å². The first-order valence-electron chi connectivity index (χ1n) is 7.77. The third-order valence-corrected chi connectivity index (χ3v) is 4.50. The third-order valence-electron chi connectivity index (χ3n) is 4.50. The van der Waals surface area contributed by atoms with Crippen LogP contribution in [-0.4, -0.2) is 42.5 Å². The van der Waals surface area contributed by atoms with Crippen LogP contribution in [0.2, 0.25) is 0 Å². The van der Waals surface area contributed by atoms with Gasteiger partial charge in [0.25, 0.3) is 0 Å². The lowest BCUT2D eigenvalue weighted by atomic mass is 9.99. The van der Waals surface area contributed by atoms with Crippen molar-refractivity contribution >= 4 is 0 Å². The first-order valence-corrected chi connectivity index (χ1v) is 7.77. The molecule has 0 amide bonds. The van der Waals surface area contributed by atoms with Gasteiger partial charge in [-0.25, -0.2) is 0 Å². The topological polar surface area (TPSA) is 32.5 Å². The smallest absolute Gasteiger partial charge is 0.329 e. The van der Waals surface area contributed by atoms with Crippen LogP contribution >= 0.6 is 0 Å². The van der Waals surface area contributed by atoms with Crippen LogP contribution in [-0.2, 0) is 12.7 Å². The molecule has 124 valence electrons. The Morgan fingerprint density at radius 1 is 1.27 bits per heavy atom. The van der Waals surface area contributed by atoms with Gasteiger partial charge < -0.3 is 10.6 Å². The highest BCUT2D eigenvalue weighted by Crippen LogP contribution is 2.41. The summed E-state index contributed by atoms with van der Waals surface area (Å²) in [5, 5.41) is 0. The number of hydrogen-bond acceptors (Lipinski definition) is 3. The molecule has 6 heteroatoms. The van der Waals surface area contributed by atoms with Gasteiger partial charge in [0.1, 0.15) is 0 Å². The van der Waals surface area contributed by atoms with Gasteiger partial charge in [0.2, 0.25) is 0 Å². The average Bonchev–Trinajstić information content (AvgIpc) is 2.84. The molecule has 0 radical (unpaired) electrons. The maximum atomic E-state index is 13.2. The normalized spacial score (nSPS) is 19.0. The quantitative estimate of drug-likeness (QED) is 0.876. The van der Waals surface area contributed by atoms with Crippen molar-refractivity contribution in [3.63, 3.8) is 0 Å². The maximum absolute atomic E-state index is 13.2. The zero-order valence-electron chi connectivity index (χ0n) is 13.2. The van der Waals surface area contributed by atoms with Crippen molar-refractivity contribution in [2.45, 2.75) is 32.6 Å². The van der Waals surface area contributed by atoms with E-state index in [9.17, 15) is 13.2 Å². The summed E-state index contributed by atoms with van der Waals surface area (Å²) in [6.45, 7) is 8.31. The molecule has 0 saturated carbocycles. The van der Waals surface area contributed by atoms with Crippen LogP contribution < -0.4 is 5.73 Å². The molecule has 1 aromatic carbocycles. The molecular weight excluding hydrogens is 291 g/mol. The number of halogens is 3. The van der Waals surface area contributed by atoms with Crippen molar-refractivity contribution in [3.8, 4) is 0 Å². The second kappa shape index (κ2) is 6.98. The van der Waals surface area contributed by atoms with Crippen LogP contribution in [0, 0.1) is 0 Å². The SMILES string of the molecule is CCN(CC)CCN1Cc2c(cccc2C(F)(F)F)C1CN. The van der Waals surface area contributed by atoms with Crippen molar-refractivity contribution in [1.82, 2.24) is 9.80 Å². The van der Waals surface area contributed by atoms with Gasteiger partial charge in [-0.1, -0.05) is 26.0 Å². The van der Waals surface area contributed by atoms with E-state index in [2.05, 4.69) is 23.6 Å². The van der Waals surface area contributed by atoms with Crippen LogP contribution in [0.15, 0.2) is 18.2 Å². The Labute approximate surface area is 129 Å². The number of rotatable bonds is 6. The Morgan fingerprint density at radius 2 is 1.95 bits per heavy atom. The number of nitrogens with two attached hydrogens (primary N) is 1. The predicted molar refractivity (Wildman–Crippen MR) is 81.4 cm³/mol. The lowest BCUT2D eigenvalue weighted by Gasteiger charge is -2.27. The van der Waals surface area contributed by atoms with Gasteiger partial charge in [-0.15, -0.1) is 0 Å². The minimum Gasteiger partial charge on any atom is -0.329 e. The van der Waals surface area contributed by atoms with E-state index in [4.69, 9.17) is 5.73 Å². The zero-order valence-corrected chi connectivity index (χ0v) is 13.2. The van der Waals surface area contributed by atoms with Crippen molar-refractivity contribution in [2.24, 2.45) is 5.73 Å². The van der Waals surface area contributed by atoms with E-state index in [-0.39, 0.29) is 6.04 Å². The van der Waals surface area contributed by atoms with Gasteiger partial charge >= 0.3 is 6.18 Å². The summed E-state index contributed by atoms with van der Waals surface area (Å²) in [4.78, 5) is 4.33. The lowest BCUT2D eigenvalue weighted by molar-refractivity contribution is -0.138. The fraction of sp³-hybridized carbons (Fsp3) is 0.625. The molecule has 2 N–H and O–H groups in total. The summed E-state index contributed by atoms with van der Waals surface area (Å²) in [5.74, 6) is 0. The van der Waals surface area contributed by atoms with Crippen LogP contribution in [0.1, 0.15) is 36.6 Å². The van der Waals surface area contributed by atoms with E-state index in [1.165, 1.54) is 12.1 Å². The molecule has 0 spiro atoms. The van der Waals surface area contributed by atoms with Gasteiger partial charge in [0, 0.05) is 32.2 Å². The average molecular weight is 315 g/mol. The van der Waals surface area contributed by atoms with Crippen LogP contribution in [0.25, 0.3) is 0 Å². The van der Waals surface area contributed by atoms with Crippen molar-refractivity contribution < 1.29 is 13.2 Å². The first kappa shape index (κ1) is 17.2. The number of nitrogens with zero attached hydrogens (tertiary/aromatic N) is 2. The molecule has 1 unspecified atom stereocenters. The number of fused-ring (bicyclic) bond motifs is 1. The monoisotopic (exact) mass is 315 g/mol. The van der Waals surface area contributed by atoms with Gasteiger partial charge in [-0.05, 0) is 30.3 Å². The van der Waals surface area contributed by atoms with Gasteiger partial charge in [0.15, 0.2) is 0 Å². The molecule has 22 heavy (non-hydrogen) atoms. The molecule has 0 aromatic heterocycles. The first-order chi connectivity index (χ1) is 10.4. The standard InChI is InChI=1S/C16H24F3N3/c1-3-21(4-2)8-9-22-11-13-12(15(22)10-20)6-5-7-14(13)16(17,18)19/h5-7,15H,3-4,8-11,20H2,1-2H3. The number of likely N-dealkylation sites (N-methyl/N-ethyl adjacent to an activating group) is 1. The third kappa shape index (κ3) is 3.45. The molecule has 1 aromatic rings. The Bertz CT molecular complexity index is 498. The molecule has 0 saturated heterocycles. The minimum absolute atomic E-state index is 0.118. The maximum Gasteiger partial charge on any atom is 0.416 e. The van der Waals surface area contributed by atoms with Crippen LogP contribution in [0.5, 0.6) is 0 Å². The Kier molecular flexibility index (Phi) is 5.47. The highest BCUT2D eigenvalue weighted by atomic mass is 19.4. The van der Waals surface area contributed by atoms with E-state index >= 15 is 0 Å². The molecule has 1 atom stereocenters. The molecular formula is C16H24F3N3. The second-order valence-corrected chi connectivity index (χ2v) is 5.62. The summed E-state index contributed by atoms with van der Waals surface area (Å²) in [7, 11) is 0. The highest BCUT2D eigenvalue weighted by Gasteiger charge is 2.39. The Balaban J connectivity index is 2.20. The van der Waals surface area contributed by atoms with Crippen molar-refractivity contribution in [2.75, 3.05) is 32.7 Å². The molecule has 1 heterocycles. The summed E-state index contributed by atoms with van der Waals surface area (Å²) in [6.07, 6.45) is -4.31. The number of benzene rings is 1. The highest BCUT2D eigenvalue weighted by molar-refractivity contribution is 5.42. The molecule has 2 rings (SSSR count). The van der Waals surface area contributed by atoms with Gasteiger partial charge in [0.05, 0.1) is 5.56 Å². The number of alkyl halides is 3. The van der Waals surface area contributed by atoms with Crippen molar-refractivity contribution in [1.29, 1.82) is 0 Å². The van der Waals surface area contributed by atoms with Crippen LogP contribution in [0.3, 0.4) is 0 Å². The molecule has 0 aliphatic carbocycles. The summed E-state index contributed by atoms with van der Waals surface area (Å²) in [5.41, 5.74) is 6.44. The molecule has 1 aliphatic rings. The number of hydrogen-bond donors (Lipinski definition) is 1. The largest absolute Gasteiger partial charge is 0.416 e. The van der Waals surface area contributed by atoms with Gasteiger partial charge in [-0.3, -0.25) is 4.90 Å². The van der Waals surface area contributed by atoms with E-state index < -0.39 is 11.7 Å². The van der Waals surface area contributed by atoms with Crippen LogP contribution in [0.4, 0.5) is 13.2 Å². The van der Waals surface area contributed by atoms with E-state index in [0.717, 1.165) is 31.7 Å². The summed E-state index contributed by atoms with van der Waals surface area (Å²) in [6, 6.07) is 4.31. The zero-order chi connectivity index (χ0) is 16.3. The lowest BCUT2D eigenvalue weighted by Crippen LogP contribution is -2.36. The molecule has 1 aliphatic heterocycles. The minimum atomic E-state index is -4.31. The fourth-order valence-corrected chi connectivity index (χ4v) is 3.19. The predicted octanol–water partition coefficient (Wildman–Crippen LogP) is 2.86. The summed E-state index contributed by atoms with van der Waals surface area (Å²) < 4.78 is 39.5. The Hall–Kier alpha value is -1.11. The molecule has 0 fully saturated rings. The fourth-order valence-electron chi connectivity index (χ4n) is 3.19. The molecule has 3 nitrogen and oxygen atoms in total. The van der Waals surface area contributed by atoms with E-state index in [0.29, 0.717) is 18.7 Å². The second-order valence-electron chi connectivity index (χ2n) is 5.62.